The molecule has 3 aromatic rings. The highest BCUT2D eigenvalue weighted by atomic mass is 16.5. The summed E-state index contributed by atoms with van der Waals surface area (Å²) in [6, 6.07) is 17.7. The quantitative estimate of drug-likeness (QED) is 0.126. The molecule has 3 atom stereocenters. The molecule has 0 radical (unpaired) electrons. The minimum atomic E-state index is -1.34. The molecule has 4 rings (SSSR count). The van der Waals surface area contributed by atoms with Crippen molar-refractivity contribution in [3.63, 3.8) is 0 Å². The first-order valence-electron chi connectivity index (χ1n) is 14.8. The van der Waals surface area contributed by atoms with Crippen molar-refractivity contribution in [1.82, 2.24) is 25.8 Å². The SMILES string of the molecule is COC(=O)NC(=N)c1ccc(C)c(C(=O)N(C(=O)[C@@H]2CCCN2)C(=O)[C@H](Cc2ccccc2)NC(=O)[C@@H](N)Cc2ccccc2)n1. The Morgan fingerprint density at radius 2 is 1.63 bits per heavy atom. The first-order chi connectivity index (χ1) is 22.1. The number of nitrogens with one attached hydrogen (secondary N) is 4. The number of hydrogen-bond acceptors (Lipinski definition) is 10. The Kier molecular flexibility index (Phi) is 11.4. The van der Waals surface area contributed by atoms with Gasteiger partial charge in [0.1, 0.15) is 17.4 Å². The van der Waals surface area contributed by atoms with E-state index >= 15 is 0 Å². The van der Waals surface area contributed by atoms with Crippen molar-refractivity contribution in [2.75, 3.05) is 13.7 Å². The minimum absolute atomic E-state index is 0.0290. The number of amidine groups is 1. The molecule has 240 valence electrons. The van der Waals surface area contributed by atoms with Crippen LogP contribution in [0, 0.1) is 12.3 Å². The molecule has 1 fully saturated rings. The van der Waals surface area contributed by atoms with Gasteiger partial charge in [-0.3, -0.25) is 29.9 Å². The fraction of sp³-hybridized carbons (Fsp3) is 0.303. The summed E-state index contributed by atoms with van der Waals surface area (Å²) in [5.41, 5.74) is 7.68. The maximum Gasteiger partial charge on any atom is 0.412 e. The lowest BCUT2D eigenvalue weighted by molar-refractivity contribution is -0.145. The molecule has 1 aliphatic heterocycles. The van der Waals surface area contributed by atoms with E-state index in [1.54, 1.807) is 37.3 Å². The van der Waals surface area contributed by atoms with Crippen molar-refractivity contribution in [2.45, 2.75) is 50.7 Å². The molecule has 13 heteroatoms. The summed E-state index contributed by atoms with van der Waals surface area (Å²) >= 11 is 0. The Balaban J connectivity index is 1.69. The van der Waals surface area contributed by atoms with Crippen molar-refractivity contribution in [3.05, 3.63) is 101 Å². The van der Waals surface area contributed by atoms with E-state index in [2.05, 4.69) is 25.7 Å². The number of pyridine rings is 1. The zero-order valence-electron chi connectivity index (χ0n) is 25.6. The maximum atomic E-state index is 14.3. The molecule has 13 nitrogen and oxygen atoms in total. The highest BCUT2D eigenvalue weighted by Crippen LogP contribution is 2.18. The van der Waals surface area contributed by atoms with Crippen LogP contribution in [0.25, 0.3) is 0 Å². The van der Waals surface area contributed by atoms with Gasteiger partial charge in [-0.05, 0) is 55.5 Å². The number of amides is 5. The third-order valence-corrected chi connectivity index (χ3v) is 7.50. The highest BCUT2D eigenvalue weighted by molar-refractivity contribution is 6.19. The summed E-state index contributed by atoms with van der Waals surface area (Å²) < 4.78 is 4.53. The molecule has 2 aromatic carbocycles. The van der Waals surface area contributed by atoms with Crippen LogP contribution in [0.4, 0.5) is 4.79 Å². The van der Waals surface area contributed by atoms with E-state index < -0.39 is 53.7 Å². The Bertz CT molecular complexity index is 1590. The Labute approximate surface area is 266 Å². The first-order valence-corrected chi connectivity index (χ1v) is 14.8. The maximum absolute atomic E-state index is 14.3. The van der Waals surface area contributed by atoms with Crippen molar-refractivity contribution < 1.29 is 28.7 Å². The van der Waals surface area contributed by atoms with Crippen LogP contribution < -0.4 is 21.7 Å². The fourth-order valence-corrected chi connectivity index (χ4v) is 5.01. The number of hydrogen-bond donors (Lipinski definition) is 5. The predicted molar refractivity (Wildman–Crippen MR) is 169 cm³/mol. The lowest BCUT2D eigenvalue weighted by Crippen LogP contribution is -2.58. The second-order valence-corrected chi connectivity index (χ2v) is 10.9. The number of rotatable bonds is 10. The smallest absolute Gasteiger partial charge is 0.412 e. The van der Waals surface area contributed by atoms with Crippen LogP contribution in [0.3, 0.4) is 0 Å². The number of aryl methyl sites for hydroxylation is 1. The van der Waals surface area contributed by atoms with Crippen LogP contribution in [-0.2, 0) is 32.0 Å². The van der Waals surface area contributed by atoms with Gasteiger partial charge in [-0.2, -0.15) is 0 Å². The molecule has 1 aromatic heterocycles. The summed E-state index contributed by atoms with van der Waals surface area (Å²) in [5, 5.41) is 16.1. The number of nitrogens with two attached hydrogens (primary N) is 1. The number of carbonyl (C=O) groups is 5. The number of methoxy groups -OCH3 is 1. The molecule has 0 bridgehead atoms. The second-order valence-electron chi connectivity index (χ2n) is 10.9. The zero-order chi connectivity index (χ0) is 33.2. The van der Waals surface area contributed by atoms with E-state index in [4.69, 9.17) is 11.1 Å². The lowest BCUT2D eigenvalue weighted by Gasteiger charge is -2.28. The van der Waals surface area contributed by atoms with Gasteiger partial charge >= 0.3 is 6.09 Å². The number of carbonyl (C=O) groups excluding carboxylic acids is 5. The molecule has 1 aliphatic rings. The predicted octanol–water partition coefficient (Wildman–Crippen LogP) is 1.62. The highest BCUT2D eigenvalue weighted by Gasteiger charge is 2.40. The number of nitrogens with zero attached hydrogens (tertiary/aromatic N) is 2. The van der Waals surface area contributed by atoms with Crippen LogP contribution in [0.5, 0.6) is 0 Å². The summed E-state index contributed by atoms with van der Waals surface area (Å²) in [5.74, 6) is -3.86. The van der Waals surface area contributed by atoms with Crippen molar-refractivity contribution in [3.8, 4) is 0 Å². The fourth-order valence-electron chi connectivity index (χ4n) is 5.01. The van der Waals surface area contributed by atoms with Crippen molar-refractivity contribution in [2.24, 2.45) is 5.73 Å². The number of alkyl carbamates (subject to hydrolysis) is 1. The number of aromatic nitrogens is 1. The number of ether oxygens (including phenoxy) is 1. The van der Waals surface area contributed by atoms with Gasteiger partial charge in [0.15, 0.2) is 5.84 Å². The average Bonchev–Trinajstić information content (AvgIpc) is 3.61. The van der Waals surface area contributed by atoms with E-state index in [1.807, 2.05) is 30.3 Å². The minimum Gasteiger partial charge on any atom is -0.453 e. The Morgan fingerprint density at radius 1 is 1.00 bits per heavy atom. The third-order valence-electron chi connectivity index (χ3n) is 7.50. The van der Waals surface area contributed by atoms with Crippen LogP contribution >= 0.6 is 0 Å². The molecular weight excluding hydrogens is 590 g/mol. The normalized spacial score (nSPS) is 15.2. The Morgan fingerprint density at radius 3 is 2.22 bits per heavy atom. The van der Waals surface area contributed by atoms with Gasteiger partial charge in [0.2, 0.25) is 5.91 Å². The lowest BCUT2D eigenvalue weighted by atomic mass is 10.0. The topological polar surface area (TPSA) is 197 Å². The molecule has 0 aliphatic carbocycles. The van der Waals surface area contributed by atoms with Crippen molar-refractivity contribution in [1.29, 1.82) is 5.41 Å². The molecule has 5 amide bonds. The second kappa shape index (κ2) is 15.6. The Hall–Kier alpha value is -5.27. The van der Waals surface area contributed by atoms with E-state index in [0.717, 1.165) is 12.7 Å². The molecule has 0 spiro atoms. The average molecular weight is 628 g/mol. The van der Waals surface area contributed by atoms with Crippen molar-refractivity contribution >= 4 is 35.6 Å². The first kappa shape index (κ1) is 33.6. The van der Waals surface area contributed by atoms with Gasteiger partial charge in [-0.1, -0.05) is 66.7 Å². The molecule has 0 saturated carbocycles. The van der Waals surface area contributed by atoms with Crippen LogP contribution in [0.2, 0.25) is 0 Å². The summed E-state index contributed by atoms with van der Waals surface area (Å²) in [6.07, 6.45) is 0.318. The molecule has 46 heavy (non-hydrogen) atoms. The number of benzene rings is 2. The molecular formula is C33H37N7O6. The number of imide groups is 3. The van der Waals surface area contributed by atoms with Crippen LogP contribution in [-0.4, -0.2) is 77.2 Å². The van der Waals surface area contributed by atoms with E-state index in [-0.39, 0.29) is 24.2 Å². The van der Waals surface area contributed by atoms with Gasteiger partial charge in [-0.15, -0.1) is 0 Å². The molecule has 1 saturated heterocycles. The van der Waals surface area contributed by atoms with Gasteiger partial charge in [0.25, 0.3) is 17.7 Å². The monoisotopic (exact) mass is 627 g/mol. The summed E-state index contributed by atoms with van der Waals surface area (Å²) in [4.78, 5) is 72.2. The van der Waals surface area contributed by atoms with Crippen LogP contribution in [0.1, 0.15) is 45.7 Å². The third kappa shape index (κ3) is 8.46. The van der Waals surface area contributed by atoms with Crippen LogP contribution in [0.15, 0.2) is 72.8 Å². The standard InChI is InChI=1S/C33H37N7O6/c1-20-15-16-24(28(35)39-33(45)46-2)37-27(20)32(44)40(30(42)25-14-9-17-36-25)31(43)26(19-22-12-7-4-8-13-22)38-29(41)23(34)18-21-10-5-3-6-11-21/h3-8,10-13,15-16,23,25-26,36H,9,14,17-19,34H2,1-2H3,(H,38,41)(H2,35,39,45)/t23-,25-,26-/m0/s1. The largest absolute Gasteiger partial charge is 0.453 e. The summed E-state index contributed by atoms with van der Waals surface area (Å²) in [7, 11) is 1.13. The van der Waals surface area contributed by atoms with Gasteiger partial charge in [0, 0.05) is 6.42 Å². The van der Waals surface area contributed by atoms with E-state index in [1.165, 1.54) is 12.1 Å². The summed E-state index contributed by atoms with van der Waals surface area (Å²) in [6.45, 7) is 2.09. The van der Waals surface area contributed by atoms with E-state index in [0.29, 0.717) is 35.4 Å². The van der Waals surface area contributed by atoms with Gasteiger partial charge in [-0.25, -0.2) is 14.7 Å². The van der Waals surface area contributed by atoms with E-state index in [9.17, 15) is 24.0 Å². The molecule has 0 unspecified atom stereocenters. The van der Waals surface area contributed by atoms with Gasteiger partial charge in [0.05, 0.1) is 19.2 Å². The molecule has 6 N–H and O–H groups in total. The molecule has 2 heterocycles. The zero-order valence-corrected chi connectivity index (χ0v) is 25.6. The van der Waals surface area contributed by atoms with Gasteiger partial charge < -0.3 is 21.1 Å².